The van der Waals surface area contributed by atoms with E-state index in [0.29, 0.717) is 5.91 Å². The van der Waals surface area contributed by atoms with Gasteiger partial charge in [0.2, 0.25) is 5.91 Å². The molecule has 1 aromatic rings. The predicted molar refractivity (Wildman–Crippen MR) is 101 cm³/mol. The molecule has 0 radical (unpaired) electrons. The van der Waals surface area contributed by atoms with Gasteiger partial charge in [-0.15, -0.1) is 36.2 Å². The summed E-state index contributed by atoms with van der Waals surface area (Å²) >= 11 is 7.61. The summed E-state index contributed by atoms with van der Waals surface area (Å²) in [7, 11) is 0. The van der Waals surface area contributed by atoms with Gasteiger partial charge < -0.3 is 10.2 Å². The molecule has 2 saturated heterocycles. The molecule has 8 heteroatoms. The van der Waals surface area contributed by atoms with Crippen LogP contribution in [-0.2, 0) is 11.3 Å². The third kappa shape index (κ3) is 5.76. The minimum atomic E-state index is 0. The summed E-state index contributed by atoms with van der Waals surface area (Å²) in [5.74, 6) is 0.300. The van der Waals surface area contributed by atoms with Gasteiger partial charge in [0.1, 0.15) is 0 Å². The second kappa shape index (κ2) is 10.1. The highest BCUT2D eigenvalue weighted by Crippen LogP contribution is 2.23. The van der Waals surface area contributed by atoms with Crippen molar-refractivity contribution >= 4 is 53.7 Å². The van der Waals surface area contributed by atoms with E-state index in [9.17, 15) is 4.79 Å². The predicted octanol–water partition coefficient (Wildman–Crippen LogP) is 3.03. The molecule has 132 valence electrons. The number of hydrogen-bond acceptors (Lipinski definition) is 4. The van der Waals surface area contributed by atoms with E-state index >= 15 is 0 Å². The maximum atomic E-state index is 12.5. The molecule has 0 unspecified atom stereocenters. The number of amides is 1. The van der Waals surface area contributed by atoms with Crippen molar-refractivity contribution in [3.05, 3.63) is 21.3 Å². The van der Waals surface area contributed by atoms with Gasteiger partial charge in [-0.3, -0.25) is 9.69 Å². The van der Waals surface area contributed by atoms with Crippen LogP contribution in [0.2, 0.25) is 4.34 Å². The van der Waals surface area contributed by atoms with Crippen molar-refractivity contribution in [2.75, 3.05) is 32.7 Å². The molecule has 0 saturated carbocycles. The lowest BCUT2D eigenvalue weighted by Crippen LogP contribution is -2.54. The molecule has 1 atom stereocenters. The lowest BCUT2D eigenvalue weighted by Gasteiger charge is -2.37. The molecule has 3 rings (SSSR count). The van der Waals surface area contributed by atoms with Gasteiger partial charge in [-0.2, -0.15) is 0 Å². The second-order valence-electron chi connectivity index (χ2n) is 5.81. The van der Waals surface area contributed by atoms with Crippen LogP contribution >= 0.6 is 47.8 Å². The number of hydrogen-bond donors (Lipinski definition) is 1. The summed E-state index contributed by atoms with van der Waals surface area (Å²) in [5.41, 5.74) is 0. The Hall–Kier alpha value is -0.0400. The van der Waals surface area contributed by atoms with Crippen LogP contribution < -0.4 is 5.32 Å². The third-order valence-electron chi connectivity index (χ3n) is 4.30. The molecule has 2 fully saturated rings. The van der Waals surface area contributed by atoms with Gasteiger partial charge in [-0.25, -0.2) is 0 Å². The first-order valence-corrected chi connectivity index (χ1v) is 8.90. The average molecular weight is 401 g/mol. The molecule has 0 bridgehead atoms. The molecule has 2 aliphatic rings. The second-order valence-corrected chi connectivity index (χ2v) is 7.61. The van der Waals surface area contributed by atoms with Crippen molar-refractivity contribution < 1.29 is 4.79 Å². The normalized spacial score (nSPS) is 22.1. The fourth-order valence-corrected chi connectivity index (χ4v) is 4.20. The Labute approximate surface area is 159 Å². The molecule has 1 aromatic heterocycles. The molecule has 4 nitrogen and oxygen atoms in total. The molecular weight excluding hydrogens is 377 g/mol. The Morgan fingerprint density at radius 3 is 2.52 bits per heavy atom. The first-order valence-electron chi connectivity index (χ1n) is 7.71. The Kier molecular flexibility index (Phi) is 9.19. The van der Waals surface area contributed by atoms with Crippen LogP contribution in [-0.4, -0.2) is 54.5 Å². The van der Waals surface area contributed by atoms with Crippen molar-refractivity contribution in [1.82, 2.24) is 15.1 Å². The zero-order valence-corrected chi connectivity index (χ0v) is 16.2. The summed E-state index contributed by atoms with van der Waals surface area (Å²) in [4.78, 5) is 18.2. The number of carbonyl (C=O) groups excluding carboxylic acids is 1. The number of nitrogens with zero attached hydrogens (tertiary/aromatic N) is 2. The number of piperidine rings is 1. The van der Waals surface area contributed by atoms with E-state index in [1.165, 1.54) is 17.7 Å². The summed E-state index contributed by atoms with van der Waals surface area (Å²) < 4.78 is 0.849. The molecule has 0 aliphatic carbocycles. The fraction of sp³-hybridized carbons (Fsp3) is 0.667. The minimum absolute atomic E-state index is 0. The average Bonchev–Trinajstić information content (AvgIpc) is 2.93. The smallest absolute Gasteiger partial charge is 0.239 e. The van der Waals surface area contributed by atoms with E-state index in [1.54, 1.807) is 11.3 Å². The third-order valence-corrected chi connectivity index (χ3v) is 5.52. The first-order chi connectivity index (χ1) is 10.2. The van der Waals surface area contributed by atoms with E-state index < -0.39 is 0 Å². The van der Waals surface area contributed by atoms with Crippen LogP contribution in [0.25, 0.3) is 0 Å². The van der Waals surface area contributed by atoms with E-state index in [-0.39, 0.29) is 30.9 Å². The van der Waals surface area contributed by atoms with Gasteiger partial charge in [0.15, 0.2) is 0 Å². The van der Waals surface area contributed by atoms with Gasteiger partial charge in [0, 0.05) is 37.6 Å². The summed E-state index contributed by atoms with van der Waals surface area (Å²) in [6.45, 7) is 5.52. The summed E-state index contributed by atoms with van der Waals surface area (Å²) in [5, 5.41) is 3.35. The van der Waals surface area contributed by atoms with Crippen molar-refractivity contribution in [1.29, 1.82) is 0 Å². The Morgan fingerprint density at radius 2 is 1.96 bits per heavy atom. The van der Waals surface area contributed by atoms with E-state index in [2.05, 4.69) is 16.3 Å². The number of thiophene rings is 1. The van der Waals surface area contributed by atoms with Gasteiger partial charge >= 0.3 is 0 Å². The Morgan fingerprint density at radius 1 is 1.22 bits per heavy atom. The summed E-state index contributed by atoms with van der Waals surface area (Å²) in [6.07, 6.45) is 3.36. The van der Waals surface area contributed by atoms with Gasteiger partial charge in [-0.05, 0) is 31.5 Å². The van der Waals surface area contributed by atoms with Crippen molar-refractivity contribution in [2.45, 2.75) is 31.8 Å². The Bertz CT molecular complexity index is 486. The van der Waals surface area contributed by atoms with Crippen molar-refractivity contribution in [3.63, 3.8) is 0 Å². The van der Waals surface area contributed by atoms with Crippen LogP contribution in [0.5, 0.6) is 0 Å². The maximum Gasteiger partial charge on any atom is 0.239 e. The standard InChI is InChI=1S/C15H22ClN3OS.2ClH/c16-14-5-4-12(21-14)11-18-7-9-19(10-8-18)15(20)13-3-1-2-6-17-13;;/h4-5,13,17H,1-3,6-11H2;2*1H/t13-;;/m1../s1. The number of halogens is 3. The number of rotatable bonds is 3. The highest BCUT2D eigenvalue weighted by Gasteiger charge is 2.28. The van der Waals surface area contributed by atoms with Crippen LogP contribution in [0.1, 0.15) is 24.1 Å². The first kappa shape index (κ1) is 21.0. The zero-order chi connectivity index (χ0) is 14.7. The summed E-state index contributed by atoms with van der Waals surface area (Å²) in [6, 6.07) is 4.11. The highest BCUT2D eigenvalue weighted by molar-refractivity contribution is 7.16. The van der Waals surface area contributed by atoms with Crippen LogP contribution in [0, 0.1) is 0 Å². The molecule has 0 spiro atoms. The van der Waals surface area contributed by atoms with Gasteiger partial charge in [0.05, 0.1) is 10.4 Å². The topological polar surface area (TPSA) is 35.6 Å². The maximum absolute atomic E-state index is 12.5. The Balaban J connectivity index is 0.00000132. The van der Waals surface area contributed by atoms with Crippen molar-refractivity contribution in [3.8, 4) is 0 Å². The molecule has 3 heterocycles. The fourth-order valence-electron chi connectivity index (χ4n) is 3.07. The number of nitrogens with one attached hydrogen (secondary N) is 1. The molecule has 1 amide bonds. The molecule has 23 heavy (non-hydrogen) atoms. The van der Waals surface area contributed by atoms with E-state index in [0.717, 1.165) is 50.0 Å². The van der Waals surface area contributed by atoms with Gasteiger partial charge in [0.25, 0.3) is 0 Å². The quantitative estimate of drug-likeness (QED) is 0.847. The lowest BCUT2D eigenvalue weighted by molar-refractivity contribution is -0.135. The molecule has 1 N–H and O–H groups in total. The van der Waals surface area contributed by atoms with Gasteiger partial charge in [-0.1, -0.05) is 18.0 Å². The molecule has 0 aromatic carbocycles. The minimum Gasteiger partial charge on any atom is -0.339 e. The van der Waals surface area contributed by atoms with Crippen LogP contribution in [0.15, 0.2) is 12.1 Å². The molecule has 2 aliphatic heterocycles. The monoisotopic (exact) mass is 399 g/mol. The SMILES string of the molecule is Cl.Cl.O=C([C@H]1CCCCN1)N1CCN(Cc2ccc(Cl)s2)CC1. The van der Waals surface area contributed by atoms with E-state index in [1.807, 2.05) is 11.0 Å². The van der Waals surface area contributed by atoms with E-state index in [4.69, 9.17) is 11.6 Å². The largest absolute Gasteiger partial charge is 0.339 e. The number of piperazine rings is 1. The molecular formula is C15H24Cl3N3OS. The van der Waals surface area contributed by atoms with Crippen LogP contribution in [0.4, 0.5) is 0 Å². The highest BCUT2D eigenvalue weighted by atomic mass is 35.5. The number of carbonyl (C=O) groups is 1. The van der Waals surface area contributed by atoms with Crippen molar-refractivity contribution in [2.24, 2.45) is 0 Å². The zero-order valence-electron chi connectivity index (χ0n) is 13.0. The van der Waals surface area contributed by atoms with Crippen LogP contribution in [0.3, 0.4) is 0 Å². The lowest BCUT2D eigenvalue weighted by atomic mass is 10.0.